The number of hydrogen-bond donors (Lipinski definition) is 2. The van der Waals surface area contributed by atoms with Crippen LogP contribution in [0.3, 0.4) is 0 Å². The molecule has 100 valence electrons. The molecule has 0 aromatic carbocycles. The summed E-state index contributed by atoms with van der Waals surface area (Å²) in [7, 11) is 0. The van der Waals surface area contributed by atoms with Crippen molar-refractivity contribution in [2.45, 2.75) is 19.8 Å². The maximum absolute atomic E-state index is 11.4. The zero-order chi connectivity index (χ0) is 12.3. The molecule has 0 aromatic heterocycles. The van der Waals surface area contributed by atoms with Crippen molar-refractivity contribution in [3.63, 3.8) is 0 Å². The van der Waals surface area contributed by atoms with E-state index in [1.54, 1.807) is 0 Å². The average molecular weight is 243 g/mol. The van der Waals surface area contributed by atoms with Crippen molar-refractivity contribution in [2.75, 3.05) is 52.5 Å². The van der Waals surface area contributed by atoms with Crippen LogP contribution >= 0.6 is 0 Å². The first-order valence-electron chi connectivity index (χ1n) is 6.60. The Morgan fingerprint density at radius 1 is 1.41 bits per heavy atom. The van der Waals surface area contributed by atoms with Gasteiger partial charge in [0.1, 0.15) is 0 Å². The molecule has 0 aliphatic carbocycles. The molecule has 17 heavy (non-hydrogen) atoms. The lowest BCUT2D eigenvalue weighted by Gasteiger charge is -2.27. The molecule has 1 aliphatic rings. The summed E-state index contributed by atoms with van der Waals surface area (Å²) in [5.41, 5.74) is 0. The first-order valence-corrected chi connectivity index (χ1v) is 6.60. The summed E-state index contributed by atoms with van der Waals surface area (Å²) in [5, 5.41) is 6.25. The van der Waals surface area contributed by atoms with Gasteiger partial charge >= 0.3 is 0 Å². The SMILES string of the molecule is CCOCCC(=O)NCCCN1CCNCC1. The van der Waals surface area contributed by atoms with Gasteiger partial charge in [0, 0.05) is 45.8 Å². The monoisotopic (exact) mass is 243 g/mol. The molecule has 2 N–H and O–H groups in total. The second-order valence-electron chi connectivity index (χ2n) is 4.24. The Kier molecular flexibility index (Phi) is 7.96. The number of rotatable bonds is 8. The van der Waals surface area contributed by atoms with E-state index in [2.05, 4.69) is 15.5 Å². The number of carbonyl (C=O) groups is 1. The Morgan fingerprint density at radius 3 is 2.88 bits per heavy atom. The zero-order valence-corrected chi connectivity index (χ0v) is 10.8. The second kappa shape index (κ2) is 9.39. The highest BCUT2D eigenvalue weighted by Crippen LogP contribution is 1.93. The standard InChI is InChI=1S/C12H25N3O2/c1-2-17-11-4-12(16)14-5-3-8-15-9-6-13-7-10-15/h13H,2-11H2,1H3,(H,14,16). The molecule has 1 fully saturated rings. The van der Waals surface area contributed by atoms with Crippen LogP contribution in [0.2, 0.25) is 0 Å². The summed E-state index contributed by atoms with van der Waals surface area (Å²) in [6.45, 7) is 9.40. The lowest BCUT2D eigenvalue weighted by Crippen LogP contribution is -2.44. The van der Waals surface area contributed by atoms with Gasteiger partial charge in [-0.15, -0.1) is 0 Å². The number of hydrogen-bond acceptors (Lipinski definition) is 4. The molecule has 0 bridgehead atoms. The third kappa shape index (κ3) is 7.31. The number of nitrogens with zero attached hydrogens (tertiary/aromatic N) is 1. The highest BCUT2D eigenvalue weighted by atomic mass is 16.5. The summed E-state index contributed by atoms with van der Waals surface area (Å²) in [4.78, 5) is 13.8. The van der Waals surface area contributed by atoms with E-state index in [-0.39, 0.29) is 5.91 Å². The summed E-state index contributed by atoms with van der Waals surface area (Å²) in [6.07, 6.45) is 1.50. The first-order chi connectivity index (χ1) is 8.33. The number of amides is 1. The molecule has 1 saturated heterocycles. The predicted molar refractivity (Wildman–Crippen MR) is 68.0 cm³/mol. The fraction of sp³-hybridized carbons (Fsp3) is 0.917. The second-order valence-corrected chi connectivity index (χ2v) is 4.24. The Morgan fingerprint density at radius 2 is 2.18 bits per heavy atom. The third-order valence-electron chi connectivity index (χ3n) is 2.86. The van der Waals surface area contributed by atoms with E-state index < -0.39 is 0 Å². The number of carbonyl (C=O) groups excluding carboxylic acids is 1. The van der Waals surface area contributed by atoms with Gasteiger partial charge in [0.05, 0.1) is 6.61 Å². The Bertz CT molecular complexity index is 206. The molecule has 0 unspecified atom stereocenters. The van der Waals surface area contributed by atoms with E-state index in [4.69, 9.17) is 4.74 Å². The molecule has 5 nitrogen and oxygen atoms in total. The van der Waals surface area contributed by atoms with Gasteiger partial charge in [0.25, 0.3) is 0 Å². The van der Waals surface area contributed by atoms with Gasteiger partial charge in [-0.05, 0) is 19.9 Å². The Balaban J connectivity index is 1.90. The minimum absolute atomic E-state index is 0.0961. The molecular formula is C12H25N3O2. The van der Waals surface area contributed by atoms with Crippen LogP contribution in [0.4, 0.5) is 0 Å². The van der Waals surface area contributed by atoms with Gasteiger partial charge < -0.3 is 20.3 Å². The topological polar surface area (TPSA) is 53.6 Å². The van der Waals surface area contributed by atoms with Crippen LogP contribution in [0, 0.1) is 0 Å². The van der Waals surface area contributed by atoms with Crippen molar-refractivity contribution < 1.29 is 9.53 Å². The van der Waals surface area contributed by atoms with Crippen molar-refractivity contribution in [2.24, 2.45) is 0 Å². The van der Waals surface area contributed by atoms with Crippen LogP contribution in [-0.2, 0) is 9.53 Å². The van der Waals surface area contributed by atoms with Crippen molar-refractivity contribution in [1.82, 2.24) is 15.5 Å². The normalized spacial score (nSPS) is 17.0. The molecule has 0 atom stereocenters. The largest absolute Gasteiger partial charge is 0.381 e. The van der Waals surface area contributed by atoms with Crippen molar-refractivity contribution in [3.05, 3.63) is 0 Å². The zero-order valence-electron chi connectivity index (χ0n) is 10.8. The highest BCUT2D eigenvalue weighted by molar-refractivity contribution is 5.75. The van der Waals surface area contributed by atoms with Gasteiger partial charge in [-0.25, -0.2) is 0 Å². The molecular weight excluding hydrogens is 218 g/mol. The molecule has 1 aliphatic heterocycles. The highest BCUT2D eigenvalue weighted by Gasteiger charge is 2.08. The number of ether oxygens (including phenoxy) is 1. The maximum atomic E-state index is 11.4. The molecule has 0 aromatic rings. The molecule has 0 radical (unpaired) electrons. The molecule has 5 heteroatoms. The summed E-state index contributed by atoms with van der Waals surface area (Å²) >= 11 is 0. The minimum Gasteiger partial charge on any atom is -0.381 e. The van der Waals surface area contributed by atoms with Crippen LogP contribution in [0.1, 0.15) is 19.8 Å². The molecule has 1 amide bonds. The van der Waals surface area contributed by atoms with E-state index in [1.165, 1.54) is 0 Å². The van der Waals surface area contributed by atoms with E-state index in [9.17, 15) is 4.79 Å². The quantitative estimate of drug-likeness (QED) is 0.581. The van der Waals surface area contributed by atoms with Gasteiger partial charge in [-0.1, -0.05) is 0 Å². The van der Waals surface area contributed by atoms with E-state index >= 15 is 0 Å². The number of nitrogens with one attached hydrogen (secondary N) is 2. The fourth-order valence-corrected chi connectivity index (χ4v) is 1.86. The van der Waals surface area contributed by atoms with Crippen LogP contribution in [-0.4, -0.2) is 63.3 Å². The summed E-state index contributed by atoms with van der Waals surface area (Å²) in [5.74, 6) is 0.0961. The first kappa shape index (κ1) is 14.4. The lowest BCUT2D eigenvalue weighted by atomic mass is 10.3. The van der Waals surface area contributed by atoms with Crippen LogP contribution in [0.15, 0.2) is 0 Å². The molecule has 0 spiro atoms. The van der Waals surface area contributed by atoms with Gasteiger partial charge in [0.15, 0.2) is 0 Å². The Labute approximate surface area is 104 Å². The van der Waals surface area contributed by atoms with Crippen LogP contribution < -0.4 is 10.6 Å². The third-order valence-corrected chi connectivity index (χ3v) is 2.86. The van der Waals surface area contributed by atoms with Crippen LogP contribution in [0.5, 0.6) is 0 Å². The van der Waals surface area contributed by atoms with Gasteiger partial charge in [-0.3, -0.25) is 4.79 Å². The fourth-order valence-electron chi connectivity index (χ4n) is 1.86. The molecule has 0 saturated carbocycles. The average Bonchev–Trinajstić information content (AvgIpc) is 2.36. The van der Waals surface area contributed by atoms with E-state index in [0.717, 1.165) is 45.7 Å². The summed E-state index contributed by atoms with van der Waals surface area (Å²) < 4.78 is 5.13. The molecule has 1 rings (SSSR count). The van der Waals surface area contributed by atoms with Crippen molar-refractivity contribution in [1.29, 1.82) is 0 Å². The van der Waals surface area contributed by atoms with E-state index in [1.807, 2.05) is 6.92 Å². The van der Waals surface area contributed by atoms with Gasteiger partial charge in [0.2, 0.25) is 5.91 Å². The smallest absolute Gasteiger partial charge is 0.222 e. The van der Waals surface area contributed by atoms with Crippen molar-refractivity contribution >= 4 is 5.91 Å². The van der Waals surface area contributed by atoms with E-state index in [0.29, 0.717) is 19.6 Å². The van der Waals surface area contributed by atoms with Crippen molar-refractivity contribution in [3.8, 4) is 0 Å². The van der Waals surface area contributed by atoms with Gasteiger partial charge in [-0.2, -0.15) is 0 Å². The minimum atomic E-state index is 0.0961. The predicted octanol–water partition coefficient (Wildman–Crippen LogP) is -0.175. The Hall–Kier alpha value is -0.650. The lowest BCUT2D eigenvalue weighted by molar-refractivity contribution is -0.122. The molecule has 1 heterocycles. The van der Waals surface area contributed by atoms with Crippen LogP contribution in [0.25, 0.3) is 0 Å². The summed E-state index contributed by atoms with van der Waals surface area (Å²) in [6, 6.07) is 0. The maximum Gasteiger partial charge on any atom is 0.222 e. The number of piperazine rings is 1.